The van der Waals surface area contributed by atoms with Gasteiger partial charge in [-0.15, -0.1) is 0 Å². The summed E-state index contributed by atoms with van der Waals surface area (Å²) in [6.07, 6.45) is 3.26. The van der Waals surface area contributed by atoms with Gasteiger partial charge in [0.1, 0.15) is 17.1 Å². The first-order valence-electron chi connectivity index (χ1n) is 11.8. The summed E-state index contributed by atoms with van der Waals surface area (Å²) in [4.78, 5) is 29.0. The molecule has 2 rings (SSSR count). The Morgan fingerprint density at radius 1 is 1.20 bits per heavy atom. The molecular weight excluding hydrogens is 505 g/mol. The molecule has 11 heteroatoms. The minimum Gasteiger partial charge on any atom is -0.414 e. The van der Waals surface area contributed by atoms with Gasteiger partial charge in [0.25, 0.3) is 0 Å². The van der Waals surface area contributed by atoms with E-state index in [2.05, 4.69) is 50.4 Å². The summed E-state index contributed by atoms with van der Waals surface area (Å²) < 4.78 is 27.2. The molecule has 0 saturated heterocycles. The van der Waals surface area contributed by atoms with Crippen LogP contribution in [-0.4, -0.2) is 51.2 Å². The molecular formula is C24H41ClN3O5PSi. The molecule has 1 unspecified atom stereocenters. The van der Waals surface area contributed by atoms with Crippen LogP contribution in [-0.2, 0) is 13.7 Å². The second-order valence-electron chi connectivity index (χ2n) is 11.3. The number of fused-ring (bicyclic) bond motifs is 1. The van der Waals surface area contributed by atoms with Crippen LogP contribution in [0.15, 0.2) is 30.7 Å². The van der Waals surface area contributed by atoms with E-state index in [-0.39, 0.29) is 17.7 Å². The fourth-order valence-corrected chi connectivity index (χ4v) is 6.93. The summed E-state index contributed by atoms with van der Waals surface area (Å²) in [5.41, 5.74) is 1.25. The third-order valence-electron chi connectivity index (χ3n) is 7.27. The van der Waals surface area contributed by atoms with Crippen molar-refractivity contribution in [2.75, 3.05) is 13.2 Å². The Bertz CT molecular complexity index is 1080. The van der Waals surface area contributed by atoms with Gasteiger partial charge in [0.2, 0.25) is 0 Å². The predicted molar refractivity (Wildman–Crippen MR) is 144 cm³/mol. The molecule has 2 aromatic heterocycles. The van der Waals surface area contributed by atoms with Crippen molar-refractivity contribution in [1.29, 1.82) is 0 Å². The molecule has 0 spiro atoms. The van der Waals surface area contributed by atoms with Crippen molar-refractivity contribution in [3.8, 4) is 0 Å². The highest BCUT2D eigenvalue weighted by Crippen LogP contribution is 2.59. The molecule has 35 heavy (non-hydrogen) atoms. The highest BCUT2D eigenvalue weighted by Gasteiger charge is 2.53. The molecule has 0 radical (unpaired) electrons. The van der Waals surface area contributed by atoms with Crippen LogP contribution in [0.5, 0.6) is 0 Å². The number of hydrogen-bond donors (Lipinski definition) is 2. The van der Waals surface area contributed by atoms with Crippen molar-refractivity contribution in [1.82, 2.24) is 14.5 Å². The van der Waals surface area contributed by atoms with Crippen LogP contribution in [0.1, 0.15) is 54.5 Å². The third-order valence-corrected chi connectivity index (χ3v) is 14.1. The summed E-state index contributed by atoms with van der Waals surface area (Å²) in [7, 11) is -6.72. The maximum Gasteiger partial charge on any atom is 0.357 e. The first-order valence-corrected chi connectivity index (χ1v) is 16.7. The predicted octanol–water partition coefficient (Wildman–Crippen LogP) is 6.41. The molecule has 0 saturated carbocycles. The topological polar surface area (TPSA) is 107 Å². The third kappa shape index (κ3) is 6.09. The Balaban J connectivity index is 2.47. The summed E-state index contributed by atoms with van der Waals surface area (Å²) in [6, 6.07) is 1.45. The Kier molecular flexibility index (Phi) is 9.25. The van der Waals surface area contributed by atoms with E-state index in [1.807, 2.05) is 16.8 Å². The number of ether oxygens (including phenoxy) is 1. The number of hydrogen-bond acceptors (Lipinski definition) is 5. The van der Waals surface area contributed by atoms with Gasteiger partial charge in [0, 0.05) is 6.20 Å². The normalized spacial score (nSPS) is 14.8. The standard InChI is InChI=1S/C24H41ClN3O5PSi/c1-16(2)24(17(3)4,34(29,30)31)32-13-18(5)20(14-33-35(9,10)23(6,7)8)28-12-11-19-21(25)26-15-27-22(19)28/h11-12,15-17,20H,5,13-14H2,1-4,6-10H3,(H2,29,30,31). The van der Waals surface area contributed by atoms with E-state index in [0.717, 1.165) is 0 Å². The second-order valence-corrected chi connectivity index (χ2v) is 18.2. The Morgan fingerprint density at radius 3 is 2.26 bits per heavy atom. The van der Waals surface area contributed by atoms with Crippen molar-refractivity contribution >= 4 is 38.5 Å². The van der Waals surface area contributed by atoms with Gasteiger partial charge in [0.15, 0.2) is 13.7 Å². The largest absolute Gasteiger partial charge is 0.414 e. The minimum absolute atomic E-state index is 0.00444. The lowest BCUT2D eigenvalue weighted by molar-refractivity contribution is -0.0544. The van der Waals surface area contributed by atoms with Gasteiger partial charge < -0.3 is 23.5 Å². The minimum atomic E-state index is -4.61. The Hall–Kier alpha value is -1.06. The van der Waals surface area contributed by atoms with Crippen molar-refractivity contribution in [2.24, 2.45) is 11.8 Å². The van der Waals surface area contributed by atoms with E-state index >= 15 is 0 Å². The number of nitrogens with zero attached hydrogens (tertiary/aromatic N) is 3. The summed E-state index contributed by atoms with van der Waals surface area (Å²) in [6.45, 7) is 22.4. The molecule has 2 aromatic rings. The highest BCUT2D eigenvalue weighted by molar-refractivity contribution is 7.53. The highest BCUT2D eigenvalue weighted by atomic mass is 35.5. The van der Waals surface area contributed by atoms with E-state index in [1.165, 1.54) is 6.33 Å². The Labute approximate surface area is 215 Å². The molecule has 0 fully saturated rings. The maximum absolute atomic E-state index is 12.6. The zero-order valence-electron chi connectivity index (χ0n) is 22.4. The van der Waals surface area contributed by atoms with Crippen LogP contribution in [0.2, 0.25) is 23.3 Å². The quantitative estimate of drug-likeness (QED) is 0.145. The first kappa shape index (κ1) is 30.2. The van der Waals surface area contributed by atoms with Crippen LogP contribution < -0.4 is 0 Å². The van der Waals surface area contributed by atoms with E-state index in [0.29, 0.717) is 28.4 Å². The van der Waals surface area contributed by atoms with Gasteiger partial charge in [-0.1, -0.05) is 66.6 Å². The molecule has 2 N–H and O–H groups in total. The lowest BCUT2D eigenvalue weighted by Crippen LogP contribution is -2.44. The van der Waals surface area contributed by atoms with Crippen molar-refractivity contribution in [2.45, 2.75) is 78.0 Å². The smallest absolute Gasteiger partial charge is 0.357 e. The lowest BCUT2D eigenvalue weighted by Gasteiger charge is -2.42. The van der Waals surface area contributed by atoms with Crippen molar-refractivity contribution < 1.29 is 23.5 Å². The SMILES string of the molecule is C=C(COC(C(C)C)(C(C)C)P(=O)(O)O)C(CO[Si](C)(C)C(C)(C)C)n1ccc2c(Cl)ncnc21. The van der Waals surface area contributed by atoms with Gasteiger partial charge in [-0.3, -0.25) is 4.57 Å². The monoisotopic (exact) mass is 545 g/mol. The lowest BCUT2D eigenvalue weighted by atomic mass is 9.95. The van der Waals surface area contributed by atoms with Crippen LogP contribution in [0.3, 0.4) is 0 Å². The number of rotatable bonds is 11. The molecule has 0 amide bonds. The van der Waals surface area contributed by atoms with Crippen molar-refractivity contribution in [3.63, 3.8) is 0 Å². The molecule has 2 heterocycles. The van der Waals surface area contributed by atoms with E-state index in [4.69, 9.17) is 20.8 Å². The maximum atomic E-state index is 12.6. The summed E-state index contributed by atoms with van der Waals surface area (Å²) in [5.74, 6) is -0.839. The number of aromatic nitrogens is 3. The van der Waals surface area contributed by atoms with Crippen LogP contribution >= 0.6 is 19.2 Å². The fraction of sp³-hybridized carbons (Fsp3) is 0.667. The van der Waals surface area contributed by atoms with Crippen LogP contribution in [0.4, 0.5) is 0 Å². The molecule has 0 bridgehead atoms. The second kappa shape index (κ2) is 10.7. The van der Waals surface area contributed by atoms with Gasteiger partial charge >= 0.3 is 7.60 Å². The van der Waals surface area contributed by atoms with Crippen molar-refractivity contribution in [3.05, 3.63) is 35.9 Å². The zero-order chi connectivity index (χ0) is 27.0. The molecule has 1 atom stereocenters. The zero-order valence-corrected chi connectivity index (χ0v) is 25.0. The van der Waals surface area contributed by atoms with E-state index in [1.54, 1.807) is 27.7 Å². The number of halogens is 1. The van der Waals surface area contributed by atoms with Gasteiger partial charge in [-0.2, -0.15) is 0 Å². The molecule has 0 aromatic carbocycles. The molecule has 198 valence electrons. The summed E-state index contributed by atoms with van der Waals surface area (Å²) in [5, 5.41) is -0.580. The molecule has 8 nitrogen and oxygen atoms in total. The average Bonchev–Trinajstić information content (AvgIpc) is 3.11. The fourth-order valence-electron chi connectivity index (χ4n) is 4.15. The summed E-state index contributed by atoms with van der Waals surface area (Å²) >= 11 is 6.28. The molecule has 0 aliphatic heterocycles. The first-order chi connectivity index (χ1) is 15.9. The van der Waals surface area contributed by atoms with Gasteiger partial charge in [-0.05, 0) is 41.6 Å². The van der Waals surface area contributed by atoms with Gasteiger partial charge in [0.05, 0.1) is 24.6 Å². The van der Waals surface area contributed by atoms with E-state index in [9.17, 15) is 14.4 Å². The van der Waals surface area contributed by atoms with Gasteiger partial charge in [-0.25, -0.2) is 9.97 Å². The van der Waals surface area contributed by atoms with E-state index < -0.39 is 33.1 Å². The average molecular weight is 546 g/mol. The molecule has 0 aliphatic rings. The van der Waals surface area contributed by atoms with Crippen LogP contribution in [0.25, 0.3) is 11.0 Å². The molecule has 0 aliphatic carbocycles. The van der Waals surface area contributed by atoms with Crippen LogP contribution in [0, 0.1) is 11.8 Å². The Morgan fingerprint density at radius 2 is 1.77 bits per heavy atom.